The van der Waals surface area contributed by atoms with Crippen LogP contribution in [0.1, 0.15) is 52.1 Å². The van der Waals surface area contributed by atoms with Crippen LogP contribution < -0.4 is 4.74 Å². The van der Waals surface area contributed by atoms with Crippen molar-refractivity contribution in [1.29, 1.82) is 0 Å². The highest BCUT2D eigenvalue weighted by atomic mass is 19.4. The first kappa shape index (κ1) is 26.6. The molecule has 4 rings (SSSR count). The van der Waals surface area contributed by atoms with Gasteiger partial charge >= 0.3 is 6.18 Å². The van der Waals surface area contributed by atoms with Crippen LogP contribution in [-0.4, -0.2) is 46.6 Å². The van der Waals surface area contributed by atoms with Crippen LogP contribution in [0.15, 0.2) is 48.5 Å². The Bertz CT molecular complexity index is 1280. The molecule has 196 valence electrons. The van der Waals surface area contributed by atoms with Crippen molar-refractivity contribution in [3.8, 4) is 17.1 Å². The highest BCUT2D eigenvalue weighted by Crippen LogP contribution is 2.60. The van der Waals surface area contributed by atoms with Crippen molar-refractivity contribution in [3.05, 3.63) is 76.6 Å². The Labute approximate surface area is 215 Å². The summed E-state index contributed by atoms with van der Waals surface area (Å²) in [6.45, 7) is 7.49. The maximum absolute atomic E-state index is 13.9. The van der Waals surface area contributed by atoms with Crippen molar-refractivity contribution < 1.29 is 22.7 Å². The Morgan fingerprint density at radius 3 is 2.27 bits per heavy atom. The summed E-state index contributed by atoms with van der Waals surface area (Å²) in [5.41, 5.74) is 3.30. The molecule has 0 saturated heterocycles. The number of benzene rings is 2. The molecule has 0 spiro atoms. The van der Waals surface area contributed by atoms with Gasteiger partial charge in [-0.3, -0.25) is 4.79 Å². The summed E-state index contributed by atoms with van der Waals surface area (Å²) in [6, 6.07) is 13.9. The predicted molar refractivity (Wildman–Crippen MR) is 137 cm³/mol. The zero-order chi connectivity index (χ0) is 27.0. The molecule has 1 fully saturated rings. The minimum absolute atomic E-state index is 0.0583. The van der Waals surface area contributed by atoms with Gasteiger partial charge in [0.1, 0.15) is 12.4 Å². The van der Waals surface area contributed by atoms with Crippen molar-refractivity contribution in [1.82, 2.24) is 14.9 Å². The molecule has 37 heavy (non-hydrogen) atoms. The summed E-state index contributed by atoms with van der Waals surface area (Å²) < 4.78 is 47.6. The molecule has 2 aromatic carbocycles. The molecule has 1 heterocycles. The Kier molecular flexibility index (Phi) is 7.31. The fourth-order valence-corrected chi connectivity index (χ4v) is 4.80. The van der Waals surface area contributed by atoms with Crippen LogP contribution in [-0.2, 0) is 0 Å². The summed E-state index contributed by atoms with van der Waals surface area (Å²) in [4.78, 5) is 23.5. The van der Waals surface area contributed by atoms with Gasteiger partial charge in [-0.25, -0.2) is 4.98 Å². The van der Waals surface area contributed by atoms with Gasteiger partial charge in [0.15, 0.2) is 0 Å². The number of halogens is 3. The number of ether oxygens (including phenoxy) is 1. The summed E-state index contributed by atoms with van der Waals surface area (Å²) in [6.07, 6.45) is -4.44. The third-order valence-corrected chi connectivity index (χ3v) is 7.19. The Morgan fingerprint density at radius 1 is 1.03 bits per heavy atom. The highest BCUT2D eigenvalue weighted by Gasteiger charge is 2.63. The molecular weight excluding hydrogens is 479 g/mol. The van der Waals surface area contributed by atoms with E-state index in [-0.39, 0.29) is 37.7 Å². The first-order valence-electron chi connectivity index (χ1n) is 12.4. The van der Waals surface area contributed by atoms with Crippen LogP contribution in [0.25, 0.3) is 11.3 Å². The zero-order valence-corrected chi connectivity index (χ0v) is 21.8. The zero-order valence-electron chi connectivity index (χ0n) is 21.8. The number of hydrogen-bond acceptors (Lipinski definition) is 4. The fourth-order valence-electron chi connectivity index (χ4n) is 4.80. The van der Waals surface area contributed by atoms with Gasteiger partial charge in [-0.15, -0.1) is 0 Å². The van der Waals surface area contributed by atoms with Crippen LogP contribution in [0.3, 0.4) is 0 Å². The molecule has 0 radical (unpaired) electrons. The number of alkyl halides is 3. The molecule has 5 nitrogen and oxygen atoms in total. The van der Waals surface area contributed by atoms with Gasteiger partial charge in [-0.05, 0) is 70.2 Å². The SMILES string of the molecule is Cc1cccc(C(=O)N(C)[C@@H](COc2cc(-c3c(C)cccc3C)nc(C)n2)CC2(C(F)(F)F)CC2)c1. The average Bonchev–Trinajstić information content (AvgIpc) is 3.61. The third kappa shape index (κ3) is 5.78. The maximum Gasteiger partial charge on any atom is 0.394 e. The Hall–Kier alpha value is -3.42. The summed E-state index contributed by atoms with van der Waals surface area (Å²) >= 11 is 0. The lowest BCUT2D eigenvalue weighted by atomic mass is 9.95. The van der Waals surface area contributed by atoms with Gasteiger partial charge in [-0.2, -0.15) is 18.2 Å². The van der Waals surface area contributed by atoms with E-state index in [1.165, 1.54) is 4.90 Å². The van der Waals surface area contributed by atoms with Crippen molar-refractivity contribution in [2.75, 3.05) is 13.7 Å². The normalized spacial score (nSPS) is 15.2. The first-order valence-corrected chi connectivity index (χ1v) is 12.4. The van der Waals surface area contributed by atoms with E-state index in [2.05, 4.69) is 9.97 Å². The second-order valence-electron chi connectivity index (χ2n) is 10.1. The average molecular weight is 512 g/mol. The van der Waals surface area contributed by atoms with Crippen LogP contribution in [0.4, 0.5) is 13.2 Å². The molecule has 1 atom stereocenters. The number of likely N-dealkylation sites (N-methyl/N-ethyl adjacent to an activating group) is 1. The van der Waals surface area contributed by atoms with Gasteiger partial charge in [0.05, 0.1) is 17.2 Å². The Balaban J connectivity index is 1.61. The van der Waals surface area contributed by atoms with E-state index in [4.69, 9.17) is 4.74 Å². The molecule has 1 amide bonds. The number of aryl methyl sites for hydroxylation is 4. The lowest BCUT2D eigenvalue weighted by Gasteiger charge is -2.32. The fraction of sp³-hybridized carbons (Fsp3) is 0.414. The predicted octanol–water partition coefficient (Wildman–Crippen LogP) is 6.63. The lowest BCUT2D eigenvalue weighted by Crippen LogP contribution is -2.44. The number of hydrogen-bond donors (Lipinski definition) is 0. The quantitative estimate of drug-likeness (QED) is 0.341. The molecular formula is C29H32F3N3O2. The molecule has 0 bridgehead atoms. The van der Waals surface area contributed by atoms with Crippen molar-refractivity contribution in [3.63, 3.8) is 0 Å². The van der Waals surface area contributed by atoms with Gasteiger partial charge in [0.25, 0.3) is 5.91 Å². The lowest BCUT2D eigenvalue weighted by molar-refractivity contribution is -0.192. The van der Waals surface area contributed by atoms with Crippen LogP contribution in [0.5, 0.6) is 5.88 Å². The molecule has 3 aromatic rings. The molecule has 1 aliphatic rings. The second-order valence-corrected chi connectivity index (χ2v) is 10.1. The van der Waals surface area contributed by atoms with Crippen molar-refractivity contribution in [2.45, 2.75) is 59.2 Å². The first-order chi connectivity index (χ1) is 17.4. The van der Waals surface area contributed by atoms with Gasteiger partial charge < -0.3 is 9.64 Å². The van der Waals surface area contributed by atoms with E-state index in [9.17, 15) is 18.0 Å². The Morgan fingerprint density at radius 2 is 1.68 bits per heavy atom. The van der Waals surface area contributed by atoms with Crippen LogP contribution in [0, 0.1) is 33.1 Å². The monoisotopic (exact) mass is 511 g/mol. The molecule has 1 saturated carbocycles. The van der Waals surface area contributed by atoms with E-state index in [1.807, 2.05) is 45.0 Å². The molecule has 0 unspecified atom stereocenters. The number of aromatic nitrogens is 2. The number of rotatable bonds is 8. The number of nitrogens with zero attached hydrogens (tertiary/aromatic N) is 3. The van der Waals surface area contributed by atoms with E-state index in [0.717, 1.165) is 22.3 Å². The van der Waals surface area contributed by atoms with E-state index in [0.29, 0.717) is 17.1 Å². The second kappa shape index (κ2) is 10.1. The third-order valence-electron chi connectivity index (χ3n) is 7.19. The minimum Gasteiger partial charge on any atom is -0.475 e. The molecule has 1 aliphatic carbocycles. The highest BCUT2D eigenvalue weighted by molar-refractivity contribution is 5.94. The van der Waals surface area contributed by atoms with E-state index in [1.54, 1.807) is 38.2 Å². The molecule has 0 aliphatic heterocycles. The molecule has 0 N–H and O–H groups in total. The number of carbonyl (C=O) groups excluding carboxylic acids is 1. The van der Waals surface area contributed by atoms with Crippen molar-refractivity contribution in [2.24, 2.45) is 5.41 Å². The van der Waals surface area contributed by atoms with Crippen LogP contribution in [0.2, 0.25) is 0 Å². The van der Waals surface area contributed by atoms with Gasteiger partial charge in [0, 0.05) is 24.2 Å². The minimum atomic E-state index is -4.33. The summed E-state index contributed by atoms with van der Waals surface area (Å²) in [5.74, 6) is 0.415. The maximum atomic E-state index is 13.9. The number of amides is 1. The number of carbonyl (C=O) groups is 1. The van der Waals surface area contributed by atoms with Gasteiger partial charge in [-0.1, -0.05) is 35.9 Å². The topological polar surface area (TPSA) is 55.3 Å². The van der Waals surface area contributed by atoms with Gasteiger partial charge in [0.2, 0.25) is 5.88 Å². The van der Waals surface area contributed by atoms with E-state index < -0.39 is 17.6 Å². The standard InChI is InChI=1S/C29H32F3N3O2/c1-18-8-6-11-22(14-18)27(36)35(5)23(16-28(12-13-28)29(30,31)32)17-37-25-15-24(33-21(4)34-25)26-19(2)9-7-10-20(26)3/h6-11,14-15,23H,12-13,16-17H2,1-5H3/t23-/m1/s1. The molecule has 8 heteroatoms. The van der Waals surface area contributed by atoms with E-state index >= 15 is 0 Å². The smallest absolute Gasteiger partial charge is 0.394 e. The summed E-state index contributed by atoms with van der Waals surface area (Å²) in [7, 11) is 1.54. The van der Waals surface area contributed by atoms with Crippen molar-refractivity contribution >= 4 is 5.91 Å². The molecule has 1 aromatic heterocycles. The largest absolute Gasteiger partial charge is 0.475 e. The summed E-state index contributed by atoms with van der Waals surface area (Å²) in [5, 5.41) is 0. The van der Waals surface area contributed by atoms with Crippen LogP contribution >= 0.6 is 0 Å².